The standard InChI is InChI=1S/C16H21NO2S/c1-10-6-11(7-12(14(10)18)16(2,3)4)8-13-15(19)17(5)9-20-13/h6-8,18H,9H2,1-5H3. The molecule has 1 fully saturated rings. The Morgan fingerprint density at radius 3 is 2.50 bits per heavy atom. The van der Waals surface area contributed by atoms with Gasteiger partial charge in [-0.3, -0.25) is 4.79 Å². The average molecular weight is 291 g/mol. The summed E-state index contributed by atoms with van der Waals surface area (Å²) in [6.07, 6.45) is 1.91. The molecule has 0 aromatic heterocycles. The number of rotatable bonds is 1. The lowest BCUT2D eigenvalue weighted by molar-refractivity contribution is -0.123. The second-order valence-corrected chi connectivity index (χ2v) is 7.26. The molecule has 1 N–H and O–H groups in total. The van der Waals surface area contributed by atoms with Crippen molar-refractivity contribution in [2.75, 3.05) is 12.9 Å². The number of thioether (sulfide) groups is 1. The normalized spacial score (nSPS) is 18.1. The first-order valence-electron chi connectivity index (χ1n) is 6.64. The lowest BCUT2D eigenvalue weighted by atomic mass is 9.84. The van der Waals surface area contributed by atoms with Gasteiger partial charge in [0.2, 0.25) is 0 Å². The number of aryl methyl sites for hydroxylation is 1. The second kappa shape index (κ2) is 5.17. The molecule has 20 heavy (non-hydrogen) atoms. The Bertz CT molecular complexity index is 585. The Morgan fingerprint density at radius 2 is 2.00 bits per heavy atom. The van der Waals surface area contributed by atoms with Crippen molar-refractivity contribution >= 4 is 23.7 Å². The lowest BCUT2D eigenvalue weighted by Gasteiger charge is -2.22. The van der Waals surface area contributed by atoms with Crippen LogP contribution in [0.2, 0.25) is 0 Å². The summed E-state index contributed by atoms with van der Waals surface area (Å²) < 4.78 is 0. The fourth-order valence-electron chi connectivity index (χ4n) is 2.19. The van der Waals surface area contributed by atoms with Gasteiger partial charge in [-0.25, -0.2) is 0 Å². The molecule has 0 aliphatic carbocycles. The van der Waals surface area contributed by atoms with E-state index in [-0.39, 0.29) is 11.3 Å². The van der Waals surface area contributed by atoms with E-state index >= 15 is 0 Å². The molecule has 0 radical (unpaired) electrons. The number of phenols is 1. The second-order valence-electron chi connectivity index (χ2n) is 6.27. The minimum atomic E-state index is -0.132. The maximum Gasteiger partial charge on any atom is 0.260 e. The highest BCUT2D eigenvalue weighted by molar-refractivity contribution is 8.04. The van der Waals surface area contributed by atoms with E-state index in [0.29, 0.717) is 11.6 Å². The first-order valence-corrected chi connectivity index (χ1v) is 7.63. The van der Waals surface area contributed by atoms with Crippen molar-refractivity contribution in [2.24, 2.45) is 0 Å². The molecule has 0 atom stereocenters. The number of hydrogen-bond donors (Lipinski definition) is 1. The van der Waals surface area contributed by atoms with Gasteiger partial charge in [0.15, 0.2) is 0 Å². The van der Waals surface area contributed by atoms with Crippen LogP contribution in [0.15, 0.2) is 17.0 Å². The van der Waals surface area contributed by atoms with Crippen molar-refractivity contribution in [3.63, 3.8) is 0 Å². The van der Waals surface area contributed by atoms with Gasteiger partial charge < -0.3 is 10.0 Å². The molecule has 0 bridgehead atoms. The van der Waals surface area contributed by atoms with Crippen LogP contribution in [0.1, 0.15) is 37.5 Å². The molecule has 0 saturated carbocycles. The molecule has 0 spiro atoms. The smallest absolute Gasteiger partial charge is 0.260 e. The quantitative estimate of drug-likeness (QED) is 0.805. The lowest BCUT2D eigenvalue weighted by Crippen LogP contribution is -2.18. The Kier molecular flexibility index (Phi) is 3.87. The maximum atomic E-state index is 11.9. The highest BCUT2D eigenvalue weighted by atomic mass is 32.2. The highest BCUT2D eigenvalue weighted by Gasteiger charge is 2.24. The number of carbonyl (C=O) groups is 1. The van der Waals surface area contributed by atoms with E-state index in [4.69, 9.17) is 0 Å². The van der Waals surface area contributed by atoms with Crippen LogP contribution in [0.4, 0.5) is 0 Å². The summed E-state index contributed by atoms with van der Waals surface area (Å²) in [6.45, 7) is 8.10. The third kappa shape index (κ3) is 2.85. The summed E-state index contributed by atoms with van der Waals surface area (Å²) in [5, 5.41) is 10.2. The molecular weight excluding hydrogens is 270 g/mol. The molecule has 0 unspecified atom stereocenters. The van der Waals surface area contributed by atoms with Gasteiger partial charge in [0.05, 0.1) is 10.8 Å². The molecule has 1 saturated heterocycles. The summed E-state index contributed by atoms with van der Waals surface area (Å²) >= 11 is 1.55. The van der Waals surface area contributed by atoms with Crippen LogP contribution in [-0.2, 0) is 10.2 Å². The van der Waals surface area contributed by atoms with Gasteiger partial charge in [0, 0.05) is 12.6 Å². The third-order valence-electron chi connectivity index (χ3n) is 3.40. The van der Waals surface area contributed by atoms with E-state index in [9.17, 15) is 9.90 Å². The fourth-order valence-corrected chi connectivity index (χ4v) is 3.14. The number of carbonyl (C=O) groups excluding carboxylic acids is 1. The summed E-state index contributed by atoms with van der Waals surface area (Å²) in [4.78, 5) is 14.4. The molecule has 1 heterocycles. The number of benzene rings is 1. The number of nitrogens with zero attached hydrogens (tertiary/aromatic N) is 1. The predicted molar refractivity (Wildman–Crippen MR) is 84.7 cm³/mol. The van der Waals surface area contributed by atoms with E-state index in [0.717, 1.165) is 21.6 Å². The number of hydrogen-bond acceptors (Lipinski definition) is 3. The van der Waals surface area contributed by atoms with Crippen LogP contribution in [0.25, 0.3) is 6.08 Å². The van der Waals surface area contributed by atoms with Crippen molar-refractivity contribution in [2.45, 2.75) is 33.1 Å². The minimum absolute atomic E-state index is 0.0676. The predicted octanol–water partition coefficient (Wildman–Crippen LogP) is 3.50. The minimum Gasteiger partial charge on any atom is -0.507 e. The number of likely N-dealkylation sites (N-methyl/N-ethyl adjacent to an activating group) is 1. The van der Waals surface area contributed by atoms with Gasteiger partial charge in [-0.15, -0.1) is 0 Å². The van der Waals surface area contributed by atoms with E-state index in [2.05, 4.69) is 20.8 Å². The van der Waals surface area contributed by atoms with Crippen LogP contribution >= 0.6 is 11.8 Å². The van der Waals surface area contributed by atoms with Gasteiger partial charge in [-0.2, -0.15) is 0 Å². The summed E-state index contributed by atoms with van der Waals surface area (Å²) in [6, 6.07) is 3.89. The maximum absolute atomic E-state index is 11.9. The topological polar surface area (TPSA) is 40.5 Å². The Balaban J connectivity index is 2.47. The van der Waals surface area contributed by atoms with Crippen molar-refractivity contribution in [1.29, 1.82) is 0 Å². The third-order valence-corrected chi connectivity index (χ3v) is 4.52. The molecule has 3 nitrogen and oxygen atoms in total. The van der Waals surface area contributed by atoms with Crippen LogP contribution in [0.5, 0.6) is 5.75 Å². The van der Waals surface area contributed by atoms with Gasteiger partial charge in [-0.1, -0.05) is 32.5 Å². The van der Waals surface area contributed by atoms with Gasteiger partial charge in [0.1, 0.15) is 5.75 Å². The molecule has 1 aromatic carbocycles. The summed E-state index contributed by atoms with van der Waals surface area (Å²) in [5.41, 5.74) is 2.59. The molecule has 1 amide bonds. The van der Waals surface area contributed by atoms with Crippen LogP contribution in [-0.4, -0.2) is 28.8 Å². The zero-order valence-electron chi connectivity index (χ0n) is 12.7. The molecule has 108 valence electrons. The molecular formula is C16H21NO2S. The van der Waals surface area contributed by atoms with E-state index < -0.39 is 0 Å². The van der Waals surface area contributed by atoms with Crippen molar-refractivity contribution in [3.05, 3.63) is 33.7 Å². The number of phenolic OH excluding ortho intramolecular Hbond substituents is 1. The molecule has 1 aliphatic heterocycles. The Morgan fingerprint density at radius 1 is 1.35 bits per heavy atom. The molecule has 1 aromatic rings. The van der Waals surface area contributed by atoms with Gasteiger partial charge in [-0.05, 0) is 41.7 Å². The van der Waals surface area contributed by atoms with Crippen LogP contribution in [0.3, 0.4) is 0 Å². The first kappa shape index (κ1) is 15.0. The van der Waals surface area contributed by atoms with Gasteiger partial charge in [0.25, 0.3) is 5.91 Å². The SMILES string of the molecule is Cc1cc(C=C2SCN(C)C2=O)cc(C(C)(C)C)c1O. The fraction of sp³-hybridized carbons (Fsp3) is 0.438. The van der Waals surface area contributed by atoms with E-state index in [1.165, 1.54) is 0 Å². The largest absolute Gasteiger partial charge is 0.507 e. The van der Waals surface area contributed by atoms with E-state index in [1.807, 2.05) is 25.1 Å². The molecule has 2 rings (SSSR count). The van der Waals surface area contributed by atoms with E-state index in [1.54, 1.807) is 23.7 Å². The monoisotopic (exact) mass is 291 g/mol. The molecule has 1 aliphatic rings. The van der Waals surface area contributed by atoms with Gasteiger partial charge >= 0.3 is 0 Å². The highest BCUT2D eigenvalue weighted by Crippen LogP contribution is 2.36. The van der Waals surface area contributed by atoms with Crippen molar-refractivity contribution in [1.82, 2.24) is 4.90 Å². The first-order chi connectivity index (χ1) is 9.20. The van der Waals surface area contributed by atoms with Crippen molar-refractivity contribution < 1.29 is 9.90 Å². The number of aromatic hydroxyl groups is 1. The summed E-state index contributed by atoms with van der Waals surface area (Å²) in [5.74, 6) is 1.12. The zero-order valence-corrected chi connectivity index (χ0v) is 13.5. The Labute approximate surface area is 124 Å². The molecule has 4 heteroatoms. The number of amides is 1. The average Bonchev–Trinajstić information content (AvgIpc) is 2.64. The van der Waals surface area contributed by atoms with Crippen LogP contribution < -0.4 is 0 Å². The zero-order chi connectivity index (χ0) is 15.1. The van der Waals surface area contributed by atoms with Crippen molar-refractivity contribution in [3.8, 4) is 5.75 Å². The van der Waals surface area contributed by atoms with Crippen LogP contribution in [0, 0.1) is 6.92 Å². The Hall–Kier alpha value is -1.42. The summed E-state index contributed by atoms with van der Waals surface area (Å²) in [7, 11) is 1.80.